The second-order valence-corrected chi connectivity index (χ2v) is 5.75. The van der Waals surface area contributed by atoms with Gasteiger partial charge in [0, 0.05) is 12.0 Å². The van der Waals surface area contributed by atoms with Gasteiger partial charge in [-0.1, -0.05) is 30.3 Å². The number of ether oxygens (including phenoxy) is 1. The van der Waals surface area contributed by atoms with E-state index in [1.807, 2.05) is 6.07 Å². The van der Waals surface area contributed by atoms with Gasteiger partial charge in [-0.2, -0.15) is 0 Å². The lowest BCUT2D eigenvalue weighted by molar-refractivity contribution is 0.0686. The number of benzene rings is 1. The molecule has 18 heavy (non-hydrogen) atoms. The molecule has 0 bridgehead atoms. The highest BCUT2D eigenvalue weighted by Gasteiger charge is 2.49. The van der Waals surface area contributed by atoms with Gasteiger partial charge in [0.1, 0.15) is 0 Å². The molecule has 2 unspecified atom stereocenters. The zero-order valence-electron chi connectivity index (χ0n) is 10.8. The minimum absolute atomic E-state index is 0.0554. The molecule has 1 aliphatic carbocycles. The minimum atomic E-state index is -0.205. The Morgan fingerprint density at radius 2 is 2.06 bits per heavy atom. The Labute approximate surface area is 109 Å². The summed E-state index contributed by atoms with van der Waals surface area (Å²) in [6.07, 6.45) is 6.69. The molecule has 1 aliphatic heterocycles. The highest BCUT2D eigenvalue weighted by atomic mass is 16.5. The van der Waals surface area contributed by atoms with Crippen molar-refractivity contribution < 1.29 is 9.84 Å². The average molecular weight is 246 g/mol. The third-order valence-corrected chi connectivity index (χ3v) is 4.56. The smallest absolute Gasteiger partial charge is 0.0637 e. The molecule has 0 aromatic heterocycles. The van der Waals surface area contributed by atoms with Crippen molar-refractivity contribution in [2.75, 3.05) is 6.61 Å². The van der Waals surface area contributed by atoms with Crippen molar-refractivity contribution in [2.45, 2.75) is 56.1 Å². The van der Waals surface area contributed by atoms with E-state index >= 15 is 0 Å². The number of aliphatic hydroxyl groups is 1. The van der Waals surface area contributed by atoms with Gasteiger partial charge in [-0.25, -0.2) is 0 Å². The summed E-state index contributed by atoms with van der Waals surface area (Å²) in [5.41, 5.74) is 1.37. The summed E-state index contributed by atoms with van der Waals surface area (Å²) >= 11 is 0. The predicted molar refractivity (Wildman–Crippen MR) is 71.6 cm³/mol. The summed E-state index contributed by atoms with van der Waals surface area (Å²) in [7, 11) is 0. The topological polar surface area (TPSA) is 29.5 Å². The van der Waals surface area contributed by atoms with Crippen LogP contribution >= 0.6 is 0 Å². The van der Waals surface area contributed by atoms with Crippen LogP contribution in [0.5, 0.6) is 0 Å². The van der Waals surface area contributed by atoms with Crippen LogP contribution in [-0.4, -0.2) is 23.9 Å². The first-order valence-corrected chi connectivity index (χ1v) is 7.16. The van der Waals surface area contributed by atoms with E-state index in [0.29, 0.717) is 6.10 Å². The highest BCUT2D eigenvalue weighted by molar-refractivity contribution is 5.32. The van der Waals surface area contributed by atoms with Gasteiger partial charge in [-0.3, -0.25) is 0 Å². The van der Waals surface area contributed by atoms with Crippen LogP contribution in [0.3, 0.4) is 0 Å². The maximum absolute atomic E-state index is 10.5. The van der Waals surface area contributed by atoms with Crippen molar-refractivity contribution in [3.05, 3.63) is 35.9 Å². The average Bonchev–Trinajstić information content (AvgIpc) is 3.07. The van der Waals surface area contributed by atoms with Crippen LogP contribution in [0.15, 0.2) is 30.3 Å². The molecule has 2 aliphatic rings. The van der Waals surface area contributed by atoms with E-state index in [4.69, 9.17) is 4.74 Å². The van der Waals surface area contributed by atoms with E-state index in [1.54, 1.807) is 0 Å². The highest BCUT2D eigenvalue weighted by Crippen LogP contribution is 2.52. The Bertz CT molecular complexity index is 377. The van der Waals surface area contributed by atoms with Crippen molar-refractivity contribution in [2.24, 2.45) is 0 Å². The molecular weight excluding hydrogens is 224 g/mol. The molecule has 1 saturated carbocycles. The Morgan fingerprint density at radius 3 is 2.67 bits per heavy atom. The number of aliphatic hydroxyl groups excluding tert-OH is 1. The number of rotatable bonds is 5. The molecule has 1 heterocycles. The van der Waals surface area contributed by atoms with Crippen LogP contribution in [0, 0.1) is 0 Å². The lowest BCUT2D eigenvalue weighted by Crippen LogP contribution is -2.27. The van der Waals surface area contributed by atoms with Crippen LogP contribution in [0.25, 0.3) is 0 Å². The fraction of sp³-hybridized carbons (Fsp3) is 0.625. The Morgan fingerprint density at radius 1 is 1.28 bits per heavy atom. The number of hydrogen-bond acceptors (Lipinski definition) is 2. The molecule has 0 radical (unpaired) electrons. The Kier molecular flexibility index (Phi) is 3.40. The molecule has 1 aromatic rings. The summed E-state index contributed by atoms with van der Waals surface area (Å²) in [6, 6.07) is 10.5. The normalized spacial score (nSPS) is 27.1. The van der Waals surface area contributed by atoms with Gasteiger partial charge in [0.15, 0.2) is 0 Å². The molecule has 0 amide bonds. The van der Waals surface area contributed by atoms with E-state index < -0.39 is 0 Å². The third kappa shape index (κ3) is 2.32. The summed E-state index contributed by atoms with van der Waals surface area (Å²) < 4.78 is 5.63. The fourth-order valence-corrected chi connectivity index (χ4v) is 3.21. The van der Waals surface area contributed by atoms with Gasteiger partial charge < -0.3 is 9.84 Å². The van der Waals surface area contributed by atoms with Crippen molar-refractivity contribution in [3.63, 3.8) is 0 Å². The van der Waals surface area contributed by atoms with Gasteiger partial charge in [0.25, 0.3) is 0 Å². The van der Waals surface area contributed by atoms with Gasteiger partial charge in [0.2, 0.25) is 0 Å². The SMILES string of the molecule is OC(CCC1CCCO1)C1(c2ccccc2)CC1. The van der Waals surface area contributed by atoms with Gasteiger partial charge >= 0.3 is 0 Å². The van der Waals surface area contributed by atoms with Crippen LogP contribution in [0.2, 0.25) is 0 Å². The molecule has 1 saturated heterocycles. The van der Waals surface area contributed by atoms with Crippen LogP contribution in [0.4, 0.5) is 0 Å². The van der Waals surface area contributed by atoms with Crippen LogP contribution < -0.4 is 0 Å². The standard InChI is InChI=1S/C16H22O2/c17-15(9-8-14-7-4-12-18-14)16(10-11-16)13-5-2-1-3-6-13/h1-3,5-6,14-15,17H,4,7-12H2. The minimum Gasteiger partial charge on any atom is -0.392 e. The zero-order valence-corrected chi connectivity index (χ0v) is 10.8. The summed E-state index contributed by atoms with van der Waals surface area (Å²) in [5.74, 6) is 0. The molecule has 2 heteroatoms. The summed E-state index contributed by atoms with van der Waals surface area (Å²) in [5, 5.41) is 10.5. The predicted octanol–water partition coefficient (Wildman–Crippen LogP) is 3.04. The molecule has 3 rings (SSSR count). The lowest BCUT2D eigenvalue weighted by Gasteiger charge is -2.23. The molecule has 2 fully saturated rings. The molecular formula is C16H22O2. The molecule has 1 N–H and O–H groups in total. The van der Waals surface area contributed by atoms with Crippen LogP contribution in [-0.2, 0) is 10.2 Å². The molecule has 0 spiro atoms. The molecule has 2 atom stereocenters. The van der Waals surface area contributed by atoms with Crippen molar-refractivity contribution in [1.82, 2.24) is 0 Å². The first-order valence-electron chi connectivity index (χ1n) is 7.16. The van der Waals surface area contributed by atoms with Crippen molar-refractivity contribution >= 4 is 0 Å². The summed E-state index contributed by atoms with van der Waals surface area (Å²) in [6.45, 7) is 0.907. The Balaban J connectivity index is 1.60. The maximum Gasteiger partial charge on any atom is 0.0637 e. The second-order valence-electron chi connectivity index (χ2n) is 5.75. The monoisotopic (exact) mass is 246 g/mol. The van der Waals surface area contributed by atoms with E-state index in [9.17, 15) is 5.11 Å². The van der Waals surface area contributed by atoms with Gasteiger partial charge in [0.05, 0.1) is 12.2 Å². The first kappa shape index (κ1) is 12.2. The largest absolute Gasteiger partial charge is 0.392 e. The number of hydrogen-bond donors (Lipinski definition) is 1. The molecule has 2 nitrogen and oxygen atoms in total. The second kappa shape index (κ2) is 5.02. The fourth-order valence-electron chi connectivity index (χ4n) is 3.21. The summed E-state index contributed by atoms with van der Waals surface area (Å²) in [4.78, 5) is 0. The van der Waals surface area contributed by atoms with E-state index in [2.05, 4.69) is 24.3 Å². The van der Waals surface area contributed by atoms with E-state index in [1.165, 1.54) is 18.4 Å². The van der Waals surface area contributed by atoms with Gasteiger partial charge in [-0.15, -0.1) is 0 Å². The van der Waals surface area contributed by atoms with E-state index in [0.717, 1.165) is 32.3 Å². The lowest BCUT2D eigenvalue weighted by atomic mass is 9.87. The Hall–Kier alpha value is -0.860. The molecule has 98 valence electrons. The maximum atomic E-state index is 10.5. The molecule has 1 aromatic carbocycles. The van der Waals surface area contributed by atoms with Crippen LogP contribution in [0.1, 0.15) is 44.1 Å². The van der Waals surface area contributed by atoms with E-state index in [-0.39, 0.29) is 11.5 Å². The quantitative estimate of drug-likeness (QED) is 0.865. The van der Waals surface area contributed by atoms with Crippen molar-refractivity contribution in [3.8, 4) is 0 Å². The van der Waals surface area contributed by atoms with Gasteiger partial charge in [-0.05, 0) is 44.1 Å². The first-order chi connectivity index (χ1) is 8.81. The van der Waals surface area contributed by atoms with Crippen molar-refractivity contribution in [1.29, 1.82) is 0 Å². The third-order valence-electron chi connectivity index (χ3n) is 4.56. The zero-order chi connectivity index (χ0) is 12.4.